The summed E-state index contributed by atoms with van der Waals surface area (Å²) in [7, 11) is -4.10. The summed E-state index contributed by atoms with van der Waals surface area (Å²) in [5, 5.41) is 0.466. The van der Waals surface area contributed by atoms with Gasteiger partial charge in [-0.25, -0.2) is 12.8 Å². The topological polar surface area (TPSA) is 60.9 Å². The maximum Gasteiger partial charge on any atom is 0.264 e. The van der Waals surface area contributed by atoms with E-state index < -0.39 is 16.6 Å². The molecule has 0 saturated carbocycles. The van der Waals surface area contributed by atoms with E-state index in [1.807, 2.05) is 6.92 Å². The van der Waals surface area contributed by atoms with Crippen molar-refractivity contribution in [2.75, 3.05) is 41.9 Å². The molecule has 0 N–H and O–H groups in total. The van der Waals surface area contributed by atoms with Crippen LogP contribution in [0.5, 0.6) is 0 Å². The van der Waals surface area contributed by atoms with E-state index in [2.05, 4.69) is 4.90 Å². The number of benzene rings is 3. The summed E-state index contributed by atoms with van der Waals surface area (Å²) in [6, 6.07) is 17.1. The van der Waals surface area contributed by atoms with E-state index in [9.17, 15) is 17.6 Å². The lowest BCUT2D eigenvalue weighted by Crippen LogP contribution is -2.52. The first-order valence-corrected chi connectivity index (χ1v) is 13.2. The standard InChI is InChI=1S/C25H24Cl2FN3O3S/c1-18-2-9-22(10-3-18)35(33,34)31(24-16-19(26)4-11-23(24)27)17-25(32)30-14-12-29(13-15-30)21-7-5-20(28)6-8-21/h2-11,16H,12-15,17H2,1H3. The fraction of sp³-hybridized carbons (Fsp3) is 0.240. The van der Waals surface area contributed by atoms with Gasteiger partial charge in [0.05, 0.1) is 15.6 Å². The number of hydrogen-bond donors (Lipinski definition) is 0. The molecule has 1 saturated heterocycles. The Morgan fingerprint density at radius 3 is 2.20 bits per heavy atom. The predicted octanol–water partition coefficient (Wildman–Crippen LogP) is 4.99. The van der Waals surface area contributed by atoms with Crippen molar-refractivity contribution in [3.63, 3.8) is 0 Å². The molecule has 6 nitrogen and oxygen atoms in total. The van der Waals surface area contributed by atoms with Crippen molar-refractivity contribution in [3.8, 4) is 0 Å². The summed E-state index contributed by atoms with van der Waals surface area (Å²) >= 11 is 12.5. The molecule has 4 rings (SSSR count). The highest BCUT2D eigenvalue weighted by atomic mass is 35.5. The number of anilines is 2. The van der Waals surface area contributed by atoms with Crippen LogP contribution in [0.4, 0.5) is 15.8 Å². The monoisotopic (exact) mass is 535 g/mol. The van der Waals surface area contributed by atoms with Crippen LogP contribution in [0.15, 0.2) is 71.6 Å². The molecule has 0 bridgehead atoms. The second-order valence-corrected chi connectivity index (χ2v) is 11.0. The van der Waals surface area contributed by atoms with Gasteiger partial charge in [0.25, 0.3) is 10.0 Å². The maximum atomic E-state index is 13.6. The number of amides is 1. The number of halogens is 3. The largest absolute Gasteiger partial charge is 0.368 e. The van der Waals surface area contributed by atoms with Gasteiger partial charge in [0.2, 0.25) is 5.91 Å². The third-order valence-electron chi connectivity index (χ3n) is 5.89. The fourth-order valence-corrected chi connectivity index (χ4v) is 5.76. The zero-order valence-electron chi connectivity index (χ0n) is 19.0. The zero-order chi connectivity index (χ0) is 25.2. The normalized spacial score (nSPS) is 14.2. The van der Waals surface area contributed by atoms with Crippen LogP contribution in [0.1, 0.15) is 5.56 Å². The molecule has 35 heavy (non-hydrogen) atoms. The van der Waals surface area contributed by atoms with E-state index in [4.69, 9.17) is 23.2 Å². The lowest BCUT2D eigenvalue weighted by Gasteiger charge is -2.37. The Kier molecular flexibility index (Phi) is 7.54. The van der Waals surface area contributed by atoms with Crippen LogP contribution in [0, 0.1) is 12.7 Å². The second kappa shape index (κ2) is 10.4. The number of piperazine rings is 1. The zero-order valence-corrected chi connectivity index (χ0v) is 21.3. The Hall–Kier alpha value is -2.81. The molecule has 1 heterocycles. The van der Waals surface area contributed by atoms with Gasteiger partial charge >= 0.3 is 0 Å². The van der Waals surface area contributed by atoms with E-state index in [-0.39, 0.29) is 27.3 Å². The van der Waals surface area contributed by atoms with Crippen molar-refractivity contribution in [2.24, 2.45) is 0 Å². The summed E-state index contributed by atoms with van der Waals surface area (Å²) in [6.45, 7) is 3.32. The van der Waals surface area contributed by atoms with Gasteiger partial charge in [0, 0.05) is 36.9 Å². The number of sulfonamides is 1. The van der Waals surface area contributed by atoms with Crippen molar-refractivity contribution < 1.29 is 17.6 Å². The van der Waals surface area contributed by atoms with Crippen molar-refractivity contribution in [2.45, 2.75) is 11.8 Å². The maximum absolute atomic E-state index is 13.6. The Morgan fingerprint density at radius 1 is 0.943 bits per heavy atom. The van der Waals surface area contributed by atoms with Crippen LogP contribution in [-0.2, 0) is 14.8 Å². The number of nitrogens with zero attached hydrogens (tertiary/aromatic N) is 3. The smallest absolute Gasteiger partial charge is 0.264 e. The highest BCUT2D eigenvalue weighted by Crippen LogP contribution is 2.33. The van der Waals surface area contributed by atoms with E-state index in [1.54, 1.807) is 35.2 Å². The molecule has 0 aliphatic carbocycles. The third-order valence-corrected chi connectivity index (χ3v) is 8.22. The number of carbonyl (C=O) groups is 1. The molecule has 1 aliphatic heterocycles. The molecule has 1 fully saturated rings. The highest BCUT2D eigenvalue weighted by Gasteiger charge is 2.31. The summed E-state index contributed by atoms with van der Waals surface area (Å²) in [6.07, 6.45) is 0. The van der Waals surface area contributed by atoms with Crippen LogP contribution >= 0.6 is 23.2 Å². The van der Waals surface area contributed by atoms with Crippen molar-refractivity contribution >= 4 is 50.5 Å². The first-order valence-electron chi connectivity index (χ1n) is 11.0. The quantitative estimate of drug-likeness (QED) is 0.446. The molecule has 1 amide bonds. The molecule has 184 valence electrons. The number of aryl methyl sites for hydroxylation is 1. The van der Waals surface area contributed by atoms with Crippen LogP contribution in [0.3, 0.4) is 0 Å². The molecule has 10 heteroatoms. The van der Waals surface area contributed by atoms with E-state index >= 15 is 0 Å². The van der Waals surface area contributed by atoms with Crippen LogP contribution in [0.25, 0.3) is 0 Å². The summed E-state index contributed by atoms with van der Waals surface area (Å²) in [4.78, 5) is 17.0. The number of hydrogen-bond acceptors (Lipinski definition) is 4. The molecule has 0 radical (unpaired) electrons. The fourth-order valence-electron chi connectivity index (χ4n) is 3.90. The van der Waals surface area contributed by atoms with Crippen molar-refractivity contribution in [1.82, 2.24) is 4.90 Å². The lowest BCUT2D eigenvalue weighted by atomic mass is 10.2. The number of rotatable bonds is 6. The summed E-state index contributed by atoms with van der Waals surface area (Å²) in [5.41, 5.74) is 1.91. The molecule has 3 aromatic carbocycles. The average Bonchev–Trinajstić information content (AvgIpc) is 2.85. The minimum Gasteiger partial charge on any atom is -0.368 e. The molecule has 0 spiro atoms. The van der Waals surface area contributed by atoms with Gasteiger partial charge in [-0.3, -0.25) is 9.10 Å². The Labute approximate surface area is 214 Å². The van der Waals surface area contributed by atoms with Crippen molar-refractivity contribution in [3.05, 3.63) is 88.2 Å². The van der Waals surface area contributed by atoms with Crippen LogP contribution in [-0.4, -0.2) is 51.9 Å². The van der Waals surface area contributed by atoms with E-state index in [0.717, 1.165) is 15.6 Å². The van der Waals surface area contributed by atoms with Gasteiger partial charge in [0.1, 0.15) is 12.4 Å². The summed E-state index contributed by atoms with van der Waals surface area (Å²) in [5.74, 6) is -0.660. The van der Waals surface area contributed by atoms with Crippen LogP contribution < -0.4 is 9.21 Å². The molecule has 0 unspecified atom stereocenters. The van der Waals surface area contributed by atoms with Gasteiger partial charge in [-0.1, -0.05) is 40.9 Å². The molecular weight excluding hydrogens is 512 g/mol. The Morgan fingerprint density at radius 2 is 1.57 bits per heavy atom. The highest BCUT2D eigenvalue weighted by molar-refractivity contribution is 7.92. The predicted molar refractivity (Wildman–Crippen MR) is 137 cm³/mol. The first-order chi connectivity index (χ1) is 16.6. The van der Waals surface area contributed by atoms with Gasteiger partial charge in [0.15, 0.2) is 0 Å². The minimum atomic E-state index is -4.10. The second-order valence-electron chi connectivity index (χ2n) is 8.26. The Bertz CT molecular complexity index is 1310. The van der Waals surface area contributed by atoms with E-state index in [1.165, 1.54) is 36.4 Å². The lowest BCUT2D eigenvalue weighted by molar-refractivity contribution is -0.129. The molecule has 3 aromatic rings. The van der Waals surface area contributed by atoms with Crippen LogP contribution in [0.2, 0.25) is 10.0 Å². The molecule has 1 aliphatic rings. The molecule has 0 aromatic heterocycles. The average molecular weight is 536 g/mol. The SMILES string of the molecule is Cc1ccc(S(=O)(=O)N(CC(=O)N2CCN(c3ccc(F)cc3)CC2)c2cc(Cl)ccc2Cl)cc1. The van der Waals surface area contributed by atoms with Gasteiger partial charge in [-0.2, -0.15) is 0 Å². The van der Waals surface area contributed by atoms with Crippen molar-refractivity contribution in [1.29, 1.82) is 0 Å². The van der Waals surface area contributed by atoms with Gasteiger partial charge in [-0.15, -0.1) is 0 Å². The molecule has 0 atom stereocenters. The number of carbonyl (C=O) groups excluding carboxylic acids is 1. The summed E-state index contributed by atoms with van der Waals surface area (Å²) < 4.78 is 41.5. The molecular formula is C25H24Cl2FN3O3S. The third kappa shape index (κ3) is 5.72. The first kappa shape index (κ1) is 25.3. The Balaban J connectivity index is 1.56. The van der Waals surface area contributed by atoms with Gasteiger partial charge in [-0.05, 0) is 61.5 Å². The van der Waals surface area contributed by atoms with Gasteiger partial charge < -0.3 is 9.80 Å². The minimum absolute atomic E-state index is 0.0491. The van der Waals surface area contributed by atoms with E-state index in [0.29, 0.717) is 31.2 Å².